The maximum Gasteiger partial charge on any atom is 0.270 e. The molecule has 12 nitrogen and oxygen atoms in total. The van der Waals surface area contributed by atoms with Crippen molar-refractivity contribution in [2.45, 2.75) is 19.5 Å². The fourth-order valence-electron chi connectivity index (χ4n) is 4.66. The third-order valence-electron chi connectivity index (χ3n) is 6.66. The summed E-state index contributed by atoms with van der Waals surface area (Å²) in [7, 11) is 0. The predicted molar refractivity (Wildman–Crippen MR) is 157 cm³/mol. The van der Waals surface area contributed by atoms with E-state index in [4.69, 9.17) is 0 Å². The minimum atomic E-state index is -0.481. The van der Waals surface area contributed by atoms with Crippen molar-refractivity contribution in [3.05, 3.63) is 113 Å². The highest BCUT2D eigenvalue weighted by Crippen LogP contribution is 2.33. The Bertz CT molecular complexity index is 1960. The SMILES string of the molecule is O=c1c2c(-c3cccc([N+](=O)[O-])c3)csc2ncn1CCCn1cnc2scc(-c3cccc([N+](=O)[O-])c3)c2c1=O. The lowest BCUT2D eigenvalue weighted by atomic mass is 10.1. The number of thiophene rings is 2. The smallest absolute Gasteiger partial charge is 0.270 e. The Labute approximate surface area is 237 Å². The molecular weight excluding hydrogens is 568 g/mol. The van der Waals surface area contributed by atoms with Crippen LogP contribution in [0.1, 0.15) is 6.42 Å². The standard InChI is InChI=1S/C27H18N6O6S2/c34-26-22-20(16-4-1-6-18(10-16)32(36)37)12-40-24(22)28-14-30(26)8-3-9-31-15-29-25-23(27(31)35)21(13-41-25)17-5-2-7-19(11-17)33(38)39/h1-2,4-7,10-15H,3,8-9H2. The van der Waals surface area contributed by atoms with E-state index in [1.54, 1.807) is 35.0 Å². The lowest BCUT2D eigenvalue weighted by Gasteiger charge is -2.09. The van der Waals surface area contributed by atoms with Gasteiger partial charge in [0.05, 0.1) is 33.3 Å². The summed E-state index contributed by atoms with van der Waals surface area (Å²) in [5.74, 6) is 0. The van der Waals surface area contributed by atoms with Gasteiger partial charge in [-0.25, -0.2) is 9.97 Å². The molecule has 6 rings (SSSR count). The minimum Gasteiger partial charge on any atom is -0.299 e. The van der Waals surface area contributed by atoms with Crippen molar-refractivity contribution >= 4 is 54.5 Å². The molecule has 0 radical (unpaired) electrons. The fraction of sp³-hybridized carbons (Fsp3) is 0.111. The Hall–Kier alpha value is -5.08. The Morgan fingerprint density at radius 1 is 0.707 bits per heavy atom. The van der Waals surface area contributed by atoms with E-state index in [0.717, 1.165) is 0 Å². The number of hydrogen-bond donors (Lipinski definition) is 0. The summed E-state index contributed by atoms with van der Waals surface area (Å²) >= 11 is 2.58. The Balaban J connectivity index is 1.27. The van der Waals surface area contributed by atoms with Crippen molar-refractivity contribution in [2.24, 2.45) is 0 Å². The van der Waals surface area contributed by atoms with Crippen LogP contribution in [0.25, 0.3) is 42.7 Å². The maximum absolute atomic E-state index is 13.4. The van der Waals surface area contributed by atoms with Crippen molar-refractivity contribution in [3.8, 4) is 22.3 Å². The molecule has 0 aliphatic rings. The van der Waals surface area contributed by atoms with Gasteiger partial charge in [-0.1, -0.05) is 24.3 Å². The Kier molecular flexibility index (Phi) is 6.69. The normalized spacial score (nSPS) is 11.3. The summed E-state index contributed by atoms with van der Waals surface area (Å²) < 4.78 is 2.93. The number of nitro groups is 2. The largest absolute Gasteiger partial charge is 0.299 e. The van der Waals surface area contributed by atoms with Gasteiger partial charge < -0.3 is 0 Å². The zero-order valence-corrected chi connectivity index (χ0v) is 22.6. The third-order valence-corrected chi connectivity index (χ3v) is 8.43. The molecule has 4 heterocycles. The van der Waals surface area contributed by atoms with Crippen LogP contribution in [0.4, 0.5) is 11.4 Å². The van der Waals surface area contributed by atoms with E-state index in [9.17, 15) is 29.8 Å². The first-order valence-corrected chi connectivity index (χ1v) is 14.0. The van der Waals surface area contributed by atoms with E-state index in [2.05, 4.69) is 9.97 Å². The molecule has 204 valence electrons. The monoisotopic (exact) mass is 586 g/mol. The van der Waals surface area contributed by atoms with E-state index in [-0.39, 0.29) is 35.6 Å². The van der Waals surface area contributed by atoms with Gasteiger partial charge in [-0.05, 0) is 17.5 Å². The predicted octanol–water partition coefficient (Wildman–Crippen LogP) is 5.47. The summed E-state index contributed by atoms with van der Waals surface area (Å²) in [6, 6.07) is 12.2. The highest BCUT2D eigenvalue weighted by Gasteiger charge is 2.17. The second kappa shape index (κ2) is 10.5. The molecule has 2 aromatic carbocycles. The first-order chi connectivity index (χ1) is 19.8. The van der Waals surface area contributed by atoms with Gasteiger partial charge in [0.2, 0.25) is 0 Å². The van der Waals surface area contributed by atoms with Gasteiger partial charge in [-0.15, -0.1) is 22.7 Å². The van der Waals surface area contributed by atoms with Crippen molar-refractivity contribution in [2.75, 3.05) is 0 Å². The summed E-state index contributed by atoms with van der Waals surface area (Å²) in [4.78, 5) is 58.2. The number of nitro benzene ring substituents is 2. The molecule has 0 spiro atoms. The number of aryl methyl sites for hydroxylation is 2. The fourth-order valence-corrected chi connectivity index (χ4v) is 6.48. The number of non-ortho nitro benzene ring substituents is 2. The molecule has 0 unspecified atom stereocenters. The van der Waals surface area contributed by atoms with Crippen LogP contribution in [-0.4, -0.2) is 28.9 Å². The molecule has 0 atom stereocenters. The summed E-state index contributed by atoms with van der Waals surface area (Å²) in [6.45, 7) is 0.551. The van der Waals surface area contributed by atoms with E-state index in [1.807, 2.05) is 0 Å². The molecule has 0 aliphatic heterocycles. The molecule has 0 N–H and O–H groups in total. The molecular formula is C27H18N6O6S2. The quantitative estimate of drug-likeness (QED) is 0.168. The number of rotatable bonds is 8. The van der Waals surface area contributed by atoms with Gasteiger partial charge in [-0.2, -0.15) is 0 Å². The molecule has 0 fully saturated rings. The first kappa shape index (κ1) is 26.2. The van der Waals surface area contributed by atoms with Crippen LogP contribution in [0.15, 0.2) is 81.5 Å². The second-order valence-corrected chi connectivity index (χ2v) is 10.8. The zero-order chi connectivity index (χ0) is 28.7. The maximum atomic E-state index is 13.4. The van der Waals surface area contributed by atoms with E-state index in [0.29, 0.717) is 49.1 Å². The highest BCUT2D eigenvalue weighted by atomic mass is 32.1. The Morgan fingerprint density at radius 3 is 1.56 bits per heavy atom. The van der Waals surface area contributed by atoms with Gasteiger partial charge >= 0.3 is 0 Å². The molecule has 0 bridgehead atoms. The molecule has 0 saturated carbocycles. The van der Waals surface area contributed by atoms with E-state index in [1.165, 1.54) is 68.7 Å². The van der Waals surface area contributed by atoms with Crippen LogP contribution >= 0.6 is 22.7 Å². The highest BCUT2D eigenvalue weighted by molar-refractivity contribution is 7.17. The molecule has 0 saturated heterocycles. The van der Waals surface area contributed by atoms with Crippen molar-refractivity contribution in [1.29, 1.82) is 0 Å². The molecule has 41 heavy (non-hydrogen) atoms. The lowest BCUT2D eigenvalue weighted by Crippen LogP contribution is -2.24. The third kappa shape index (κ3) is 4.79. The molecule has 0 amide bonds. The zero-order valence-electron chi connectivity index (χ0n) is 21.0. The number of hydrogen-bond acceptors (Lipinski definition) is 10. The second-order valence-electron chi connectivity index (χ2n) is 9.11. The van der Waals surface area contributed by atoms with Gasteiger partial charge in [0, 0.05) is 59.2 Å². The summed E-state index contributed by atoms with van der Waals surface area (Å²) in [6.07, 6.45) is 3.34. The number of nitrogens with zero attached hydrogens (tertiary/aromatic N) is 6. The van der Waals surface area contributed by atoms with Crippen molar-refractivity contribution in [1.82, 2.24) is 19.1 Å². The van der Waals surface area contributed by atoms with Gasteiger partial charge in [0.25, 0.3) is 22.5 Å². The molecule has 4 aromatic heterocycles. The van der Waals surface area contributed by atoms with Crippen LogP contribution in [0.5, 0.6) is 0 Å². The lowest BCUT2D eigenvalue weighted by molar-refractivity contribution is -0.385. The van der Waals surface area contributed by atoms with Gasteiger partial charge in [-0.3, -0.25) is 39.0 Å². The van der Waals surface area contributed by atoms with Crippen molar-refractivity contribution in [3.63, 3.8) is 0 Å². The summed E-state index contributed by atoms with van der Waals surface area (Å²) in [5.41, 5.74) is 1.60. The van der Waals surface area contributed by atoms with Gasteiger partial charge in [0.15, 0.2) is 0 Å². The van der Waals surface area contributed by atoms with Crippen LogP contribution in [0.2, 0.25) is 0 Å². The summed E-state index contributed by atoms with van der Waals surface area (Å²) in [5, 5.41) is 26.8. The number of aromatic nitrogens is 4. The van der Waals surface area contributed by atoms with E-state index < -0.39 is 9.85 Å². The molecule has 0 aliphatic carbocycles. The Morgan fingerprint density at radius 2 is 1.15 bits per heavy atom. The minimum absolute atomic E-state index is 0.0682. The first-order valence-electron chi connectivity index (χ1n) is 12.2. The average Bonchev–Trinajstić information content (AvgIpc) is 3.61. The average molecular weight is 587 g/mol. The number of benzene rings is 2. The van der Waals surface area contributed by atoms with Crippen LogP contribution in [0, 0.1) is 20.2 Å². The molecule has 14 heteroatoms. The number of fused-ring (bicyclic) bond motifs is 2. The van der Waals surface area contributed by atoms with Crippen molar-refractivity contribution < 1.29 is 9.85 Å². The van der Waals surface area contributed by atoms with Crippen LogP contribution in [-0.2, 0) is 13.1 Å². The van der Waals surface area contributed by atoms with E-state index >= 15 is 0 Å². The molecule has 6 aromatic rings. The van der Waals surface area contributed by atoms with Crippen LogP contribution in [0.3, 0.4) is 0 Å². The topological polar surface area (TPSA) is 156 Å². The van der Waals surface area contributed by atoms with Crippen LogP contribution < -0.4 is 11.1 Å². The van der Waals surface area contributed by atoms with Gasteiger partial charge in [0.1, 0.15) is 9.66 Å².